The Bertz CT molecular complexity index is 1070. The predicted molar refractivity (Wildman–Crippen MR) is 122 cm³/mol. The molecular formula is C26H27N3O2. The van der Waals surface area contributed by atoms with Gasteiger partial charge in [-0.05, 0) is 49.1 Å². The minimum absolute atomic E-state index is 0.000235. The van der Waals surface area contributed by atoms with E-state index in [1.807, 2.05) is 12.1 Å². The fourth-order valence-corrected chi connectivity index (χ4v) is 4.29. The molecule has 2 heterocycles. The lowest BCUT2D eigenvalue weighted by Crippen LogP contribution is -2.37. The lowest BCUT2D eigenvalue weighted by molar-refractivity contribution is -0.124. The molecule has 0 radical (unpaired) electrons. The van der Waals surface area contributed by atoms with Crippen LogP contribution in [0.5, 0.6) is 0 Å². The number of rotatable bonds is 4. The van der Waals surface area contributed by atoms with E-state index in [4.69, 9.17) is 0 Å². The van der Waals surface area contributed by atoms with Crippen LogP contribution in [0, 0.1) is 19.8 Å². The fourth-order valence-electron chi connectivity index (χ4n) is 4.29. The first-order chi connectivity index (χ1) is 15.0. The third-order valence-corrected chi connectivity index (χ3v) is 5.72. The normalized spacial score (nSPS) is 16.5. The van der Waals surface area contributed by atoms with Crippen LogP contribution in [0.1, 0.15) is 27.0 Å². The topological polar surface area (TPSA) is 62.3 Å². The molecule has 1 saturated heterocycles. The molecule has 1 N–H and O–H groups in total. The highest BCUT2D eigenvalue weighted by Crippen LogP contribution is 2.28. The summed E-state index contributed by atoms with van der Waals surface area (Å²) in [4.78, 5) is 31.6. The molecule has 3 aromatic rings. The van der Waals surface area contributed by atoms with Gasteiger partial charge in [-0.25, -0.2) is 0 Å². The number of nitrogens with one attached hydrogen (secondary N) is 1. The monoisotopic (exact) mass is 413 g/mol. The molecule has 4 rings (SSSR count). The minimum atomic E-state index is -0.305. The van der Waals surface area contributed by atoms with Crippen molar-refractivity contribution in [2.24, 2.45) is 5.92 Å². The molecule has 2 aromatic carbocycles. The Labute approximate surface area is 183 Å². The quantitative estimate of drug-likeness (QED) is 0.708. The molecule has 1 aliphatic rings. The minimum Gasteiger partial charge on any atom is -0.354 e. The molecule has 31 heavy (non-hydrogen) atoms. The summed E-state index contributed by atoms with van der Waals surface area (Å²) in [7, 11) is 0. The van der Waals surface area contributed by atoms with Gasteiger partial charge in [0.2, 0.25) is 5.91 Å². The maximum Gasteiger partial charge on any atom is 0.254 e. The summed E-state index contributed by atoms with van der Waals surface area (Å²) in [5.41, 5.74) is 6.44. The Morgan fingerprint density at radius 2 is 1.77 bits per heavy atom. The Kier molecular flexibility index (Phi) is 6.12. The number of aromatic nitrogens is 1. The molecule has 0 aliphatic carbocycles. The second-order valence-electron chi connectivity index (χ2n) is 8.21. The average Bonchev–Trinajstić information content (AvgIpc) is 2.95. The van der Waals surface area contributed by atoms with Crippen molar-refractivity contribution in [1.29, 1.82) is 0 Å². The van der Waals surface area contributed by atoms with Crippen molar-refractivity contribution in [2.45, 2.75) is 20.3 Å². The molecule has 1 fully saturated rings. The smallest absolute Gasteiger partial charge is 0.254 e. The molecule has 5 nitrogen and oxygen atoms in total. The highest BCUT2D eigenvalue weighted by Gasteiger charge is 2.29. The lowest BCUT2D eigenvalue weighted by Gasteiger charge is -2.24. The van der Waals surface area contributed by atoms with Gasteiger partial charge in [0, 0.05) is 37.6 Å². The number of benzene rings is 2. The number of aryl methyl sites for hydroxylation is 2. The molecule has 1 atom stereocenters. The Morgan fingerprint density at radius 3 is 2.52 bits per heavy atom. The van der Waals surface area contributed by atoms with Crippen LogP contribution in [0.2, 0.25) is 0 Å². The molecule has 1 aromatic heterocycles. The van der Waals surface area contributed by atoms with Gasteiger partial charge in [-0.1, -0.05) is 53.6 Å². The zero-order valence-corrected chi connectivity index (χ0v) is 18.0. The predicted octanol–water partition coefficient (Wildman–Crippen LogP) is 3.80. The van der Waals surface area contributed by atoms with E-state index in [1.54, 1.807) is 29.4 Å². The summed E-state index contributed by atoms with van der Waals surface area (Å²) in [6, 6.07) is 18.2. The molecule has 1 aliphatic heterocycles. The van der Waals surface area contributed by atoms with E-state index >= 15 is 0 Å². The third-order valence-electron chi connectivity index (χ3n) is 5.72. The number of nitrogens with zero attached hydrogens (tertiary/aromatic N) is 2. The van der Waals surface area contributed by atoms with Crippen molar-refractivity contribution in [3.8, 4) is 11.1 Å². The maximum absolute atomic E-state index is 13.0. The molecule has 5 heteroatoms. The lowest BCUT2D eigenvalue weighted by atomic mass is 9.90. The van der Waals surface area contributed by atoms with Gasteiger partial charge in [0.1, 0.15) is 0 Å². The summed E-state index contributed by atoms with van der Waals surface area (Å²) in [5, 5.41) is 2.98. The SMILES string of the molecule is Cc1cc(C)cc(-c2ccccc2C[C@H]2CN(C(=O)c3ccncc3)CCNC2=O)c1. The van der Waals surface area contributed by atoms with Crippen LogP contribution in [0.25, 0.3) is 11.1 Å². The highest BCUT2D eigenvalue weighted by molar-refractivity contribution is 5.94. The van der Waals surface area contributed by atoms with Gasteiger partial charge in [0.25, 0.3) is 5.91 Å². The van der Waals surface area contributed by atoms with E-state index in [0.717, 1.165) is 16.7 Å². The van der Waals surface area contributed by atoms with Gasteiger partial charge >= 0.3 is 0 Å². The van der Waals surface area contributed by atoms with E-state index in [9.17, 15) is 9.59 Å². The Morgan fingerprint density at radius 1 is 1.06 bits per heavy atom. The Balaban J connectivity index is 1.61. The van der Waals surface area contributed by atoms with Crippen molar-refractivity contribution in [2.75, 3.05) is 19.6 Å². The first-order valence-corrected chi connectivity index (χ1v) is 10.6. The van der Waals surface area contributed by atoms with Crippen molar-refractivity contribution in [3.05, 3.63) is 89.2 Å². The van der Waals surface area contributed by atoms with Crippen LogP contribution in [0.15, 0.2) is 67.0 Å². The van der Waals surface area contributed by atoms with Crippen LogP contribution >= 0.6 is 0 Å². The van der Waals surface area contributed by atoms with Gasteiger partial charge in [0.15, 0.2) is 0 Å². The molecule has 2 amide bonds. The van der Waals surface area contributed by atoms with Crippen LogP contribution in [-0.4, -0.2) is 41.3 Å². The number of pyridine rings is 1. The first kappa shape index (κ1) is 20.8. The summed E-state index contributed by atoms with van der Waals surface area (Å²) < 4.78 is 0. The van der Waals surface area contributed by atoms with Crippen LogP contribution < -0.4 is 5.32 Å². The van der Waals surface area contributed by atoms with Crippen molar-refractivity contribution >= 4 is 11.8 Å². The van der Waals surface area contributed by atoms with Crippen molar-refractivity contribution in [1.82, 2.24) is 15.2 Å². The summed E-state index contributed by atoms with van der Waals surface area (Å²) >= 11 is 0. The average molecular weight is 414 g/mol. The Hall–Kier alpha value is -3.47. The van der Waals surface area contributed by atoms with Crippen LogP contribution in [0.3, 0.4) is 0 Å². The molecule has 0 saturated carbocycles. The maximum atomic E-state index is 13.0. The number of carbonyl (C=O) groups is 2. The van der Waals surface area contributed by atoms with Gasteiger partial charge in [0.05, 0.1) is 5.92 Å². The van der Waals surface area contributed by atoms with Crippen molar-refractivity contribution in [3.63, 3.8) is 0 Å². The van der Waals surface area contributed by atoms with Gasteiger partial charge in [-0.15, -0.1) is 0 Å². The second kappa shape index (κ2) is 9.13. The molecular weight excluding hydrogens is 386 g/mol. The van der Waals surface area contributed by atoms with E-state index in [-0.39, 0.29) is 17.7 Å². The standard InChI is InChI=1S/C26H27N3O2/c1-18-13-19(2)15-22(14-18)24-6-4-3-5-21(24)16-23-17-29(12-11-28-25(23)30)26(31)20-7-9-27-10-8-20/h3-10,13-15,23H,11-12,16-17H2,1-2H3,(H,28,30)/t23-/m0/s1. The number of hydrogen-bond donors (Lipinski definition) is 1. The van der Waals surface area contributed by atoms with Crippen LogP contribution in [-0.2, 0) is 11.2 Å². The third kappa shape index (κ3) is 4.82. The van der Waals surface area contributed by atoms with E-state index in [1.165, 1.54) is 11.1 Å². The number of amides is 2. The van der Waals surface area contributed by atoms with E-state index in [2.05, 4.69) is 54.5 Å². The molecule has 0 bridgehead atoms. The zero-order chi connectivity index (χ0) is 21.8. The summed E-state index contributed by atoms with van der Waals surface area (Å²) in [6.45, 7) is 5.56. The molecule has 0 spiro atoms. The summed E-state index contributed by atoms with van der Waals surface area (Å²) in [6.07, 6.45) is 3.81. The second-order valence-corrected chi connectivity index (χ2v) is 8.21. The summed E-state index contributed by atoms with van der Waals surface area (Å²) in [5.74, 6) is -0.368. The highest BCUT2D eigenvalue weighted by atomic mass is 16.2. The van der Waals surface area contributed by atoms with Crippen molar-refractivity contribution < 1.29 is 9.59 Å². The van der Waals surface area contributed by atoms with Gasteiger partial charge < -0.3 is 10.2 Å². The molecule has 158 valence electrons. The van der Waals surface area contributed by atoms with Gasteiger partial charge in [-0.2, -0.15) is 0 Å². The van der Waals surface area contributed by atoms with Gasteiger partial charge in [-0.3, -0.25) is 14.6 Å². The fraction of sp³-hybridized carbons (Fsp3) is 0.269. The van der Waals surface area contributed by atoms with E-state index < -0.39 is 0 Å². The zero-order valence-electron chi connectivity index (χ0n) is 18.0. The van der Waals surface area contributed by atoms with E-state index in [0.29, 0.717) is 31.6 Å². The largest absolute Gasteiger partial charge is 0.354 e. The number of carbonyl (C=O) groups excluding carboxylic acids is 2. The molecule has 0 unspecified atom stereocenters. The van der Waals surface area contributed by atoms with Crippen LogP contribution in [0.4, 0.5) is 0 Å². The first-order valence-electron chi connectivity index (χ1n) is 10.6. The number of hydrogen-bond acceptors (Lipinski definition) is 3.